The highest BCUT2D eigenvalue weighted by atomic mass is 16.5. The summed E-state index contributed by atoms with van der Waals surface area (Å²) >= 11 is 0. The highest BCUT2D eigenvalue weighted by molar-refractivity contribution is 5.89. The lowest BCUT2D eigenvalue weighted by Gasteiger charge is -2.10. The van der Waals surface area contributed by atoms with Crippen molar-refractivity contribution in [3.8, 4) is 0 Å². The van der Waals surface area contributed by atoms with Crippen LogP contribution in [0, 0.1) is 0 Å². The van der Waals surface area contributed by atoms with Crippen LogP contribution in [-0.2, 0) is 6.54 Å². The first-order valence-electron chi connectivity index (χ1n) is 6.86. The highest BCUT2D eigenvalue weighted by Crippen LogP contribution is 2.22. The first-order chi connectivity index (χ1) is 10.4. The number of fused-ring (bicyclic) bond motifs is 1. The summed E-state index contributed by atoms with van der Waals surface area (Å²) in [5.74, 6) is 1.95. The number of nitrogens with one attached hydrogen (secondary N) is 2. The molecule has 3 aromatic rings. The van der Waals surface area contributed by atoms with Crippen LogP contribution in [0.2, 0.25) is 0 Å². The van der Waals surface area contributed by atoms with Crippen LogP contribution in [0.4, 0.5) is 11.8 Å². The second-order valence-electron chi connectivity index (χ2n) is 4.54. The molecule has 0 amide bonds. The molecule has 0 atom stereocenters. The number of hydrogen-bond acceptors (Lipinski definition) is 7. The van der Waals surface area contributed by atoms with Crippen LogP contribution < -0.4 is 10.6 Å². The van der Waals surface area contributed by atoms with E-state index in [1.54, 1.807) is 0 Å². The van der Waals surface area contributed by atoms with Crippen LogP contribution in [0.25, 0.3) is 10.9 Å². The number of rotatable bonds is 6. The van der Waals surface area contributed by atoms with Crippen molar-refractivity contribution in [2.75, 3.05) is 17.2 Å². The van der Waals surface area contributed by atoms with E-state index >= 15 is 0 Å². The van der Waals surface area contributed by atoms with Gasteiger partial charge in [-0.05, 0) is 18.6 Å². The third kappa shape index (κ3) is 3.07. The third-order valence-electron chi connectivity index (χ3n) is 2.96. The van der Waals surface area contributed by atoms with E-state index in [2.05, 4.69) is 37.7 Å². The van der Waals surface area contributed by atoms with Crippen LogP contribution >= 0.6 is 0 Å². The van der Waals surface area contributed by atoms with Gasteiger partial charge in [-0.1, -0.05) is 24.2 Å². The second-order valence-corrected chi connectivity index (χ2v) is 4.54. The number of hydrogen-bond donors (Lipinski definition) is 2. The second kappa shape index (κ2) is 6.17. The van der Waals surface area contributed by atoms with Crippen molar-refractivity contribution in [2.24, 2.45) is 0 Å². The van der Waals surface area contributed by atoms with Crippen molar-refractivity contribution in [2.45, 2.75) is 19.9 Å². The predicted octanol–water partition coefficient (Wildman–Crippen LogP) is 2.45. The summed E-state index contributed by atoms with van der Waals surface area (Å²) in [6.07, 6.45) is 2.32. The Hall–Kier alpha value is -2.70. The Morgan fingerprint density at radius 2 is 2.05 bits per heavy atom. The number of aromatic nitrogens is 4. The van der Waals surface area contributed by atoms with Crippen LogP contribution in [-0.4, -0.2) is 26.7 Å². The fraction of sp³-hybridized carbons (Fsp3) is 0.286. The molecule has 7 heteroatoms. The van der Waals surface area contributed by atoms with Gasteiger partial charge in [0.1, 0.15) is 5.82 Å². The summed E-state index contributed by atoms with van der Waals surface area (Å²) in [7, 11) is 0. The quantitative estimate of drug-likeness (QED) is 0.718. The average molecular weight is 284 g/mol. The van der Waals surface area contributed by atoms with E-state index in [-0.39, 0.29) is 0 Å². The summed E-state index contributed by atoms with van der Waals surface area (Å²) in [5, 5.41) is 11.2. The largest absolute Gasteiger partial charge is 0.362 e. The standard InChI is InChI=1S/C14H16N6O/c1-2-7-15-14-18-11-6-4-3-5-10(11)13(19-14)16-8-12-17-9-21-20-12/h3-6,9H,2,7-8H2,1H3,(H2,15,16,18,19). The summed E-state index contributed by atoms with van der Waals surface area (Å²) in [4.78, 5) is 13.0. The van der Waals surface area contributed by atoms with Crippen LogP contribution in [0.3, 0.4) is 0 Å². The molecule has 0 aliphatic heterocycles. The molecule has 0 unspecified atom stereocenters. The number of para-hydroxylation sites is 1. The smallest absolute Gasteiger partial charge is 0.225 e. The fourth-order valence-corrected chi connectivity index (χ4v) is 1.96. The zero-order valence-corrected chi connectivity index (χ0v) is 11.7. The van der Waals surface area contributed by atoms with Gasteiger partial charge in [-0.15, -0.1) is 0 Å². The van der Waals surface area contributed by atoms with Crippen LogP contribution in [0.1, 0.15) is 19.2 Å². The van der Waals surface area contributed by atoms with E-state index in [1.165, 1.54) is 6.39 Å². The Bertz CT molecular complexity index is 713. The highest BCUT2D eigenvalue weighted by Gasteiger charge is 2.08. The van der Waals surface area contributed by atoms with Crippen molar-refractivity contribution in [1.82, 2.24) is 20.1 Å². The Balaban J connectivity index is 1.90. The first kappa shape index (κ1) is 13.3. The summed E-state index contributed by atoms with van der Waals surface area (Å²) < 4.78 is 4.72. The topological polar surface area (TPSA) is 88.8 Å². The number of benzene rings is 1. The van der Waals surface area contributed by atoms with E-state index < -0.39 is 0 Å². The third-order valence-corrected chi connectivity index (χ3v) is 2.96. The molecule has 2 heterocycles. The average Bonchev–Trinajstić information content (AvgIpc) is 3.04. The Morgan fingerprint density at radius 1 is 1.14 bits per heavy atom. The fourth-order valence-electron chi connectivity index (χ4n) is 1.96. The normalized spacial score (nSPS) is 10.7. The molecule has 0 bridgehead atoms. The maximum Gasteiger partial charge on any atom is 0.225 e. The van der Waals surface area contributed by atoms with Gasteiger partial charge < -0.3 is 15.2 Å². The molecule has 0 fully saturated rings. The molecule has 0 radical (unpaired) electrons. The first-order valence-corrected chi connectivity index (χ1v) is 6.86. The molecular weight excluding hydrogens is 268 g/mol. The molecule has 7 nitrogen and oxygen atoms in total. The van der Waals surface area contributed by atoms with Crippen molar-refractivity contribution < 1.29 is 4.52 Å². The van der Waals surface area contributed by atoms with Gasteiger partial charge >= 0.3 is 0 Å². The van der Waals surface area contributed by atoms with Crippen LogP contribution in [0.5, 0.6) is 0 Å². The Morgan fingerprint density at radius 3 is 2.86 bits per heavy atom. The van der Waals surface area contributed by atoms with Crippen molar-refractivity contribution in [1.29, 1.82) is 0 Å². The van der Waals surface area contributed by atoms with E-state index in [0.29, 0.717) is 18.3 Å². The zero-order valence-electron chi connectivity index (χ0n) is 11.7. The van der Waals surface area contributed by atoms with E-state index in [0.717, 1.165) is 29.7 Å². The van der Waals surface area contributed by atoms with Gasteiger partial charge in [0.05, 0.1) is 12.1 Å². The maximum atomic E-state index is 4.72. The van der Waals surface area contributed by atoms with Gasteiger partial charge in [-0.25, -0.2) is 4.98 Å². The van der Waals surface area contributed by atoms with E-state index in [4.69, 9.17) is 4.52 Å². The summed E-state index contributed by atoms with van der Waals surface area (Å²) in [6, 6.07) is 7.87. The molecule has 21 heavy (non-hydrogen) atoms. The molecule has 0 spiro atoms. The number of anilines is 2. The molecule has 2 aromatic heterocycles. The zero-order chi connectivity index (χ0) is 14.5. The summed E-state index contributed by atoms with van der Waals surface area (Å²) in [6.45, 7) is 3.39. The molecule has 0 aliphatic carbocycles. The molecule has 0 saturated heterocycles. The minimum absolute atomic E-state index is 0.449. The Labute approximate surface area is 121 Å². The molecule has 0 aliphatic rings. The lowest BCUT2D eigenvalue weighted by molar-refractivity contribution is 0.411. The lowest BCUT2D eigenvalue weighted by Crippen LogP contribution is -2.09. The Kier molecular flexibility index (Phi) is 3.90. The van der Waals surface area contributed by atoms with Gasteiger partial charge in [0.2, 0.25) is 12.3 Å². The minimum Gasteiger partial charge on any atom is -0.362 e. The molecule has 108 valence electrons. The predicted molar refractivity (Wildman–Crippen MR) is 79.9 cm³/mol. The van der Waals surface area contributed by atoms with Crippen molar-refractivity contribution in [3.63, 3.8) is 0 Å². The van der Waals surface area contributed by atoms with Gasteiger partial charge in [0.15, 0.2) is 5.82 Å². The molecule has 3 rings (SSSR count). The van der Waals surface area contributed by atoms with Crippen LogP contribution in [0.15, 0.2) is 35.2 Å². The summed E-state index contributed by atoms with van der Waals surface area (Å²) in [5.41, 5.74) is 0.890. The number of nitrogens with zero attached hydrogens (tertiary/aromatic N) is 4. The van der Waals surface area contributed by atoms with Gasteiger partial charge in [0.25, 0.3) is 0 Å². The lowest BCUT2D eigenvalue weighted by atomic mass is 10.2. The minimum atomic E-state index is 0.449. The van der Waals surface area contributed by atoms with Gasteiger partial charge in [0, 0.05) is 11.9 Å². The monoisotopic (exact) mass is 284 g/mol. The van der Waals surface area contributed by atoms with Gasteiger partial charge in [-0.3, -0.25) is 0 Å². The van der Waals surface area contributed by atoms with E-state index in [1.807, 2.05) is 24.3 Å². The van der Waals surface area contributed by atoms with Crippen molar-refractivity contribution >= 4 is 22.7 Å². The molecule has 0 saturated carbocycles. The van der Waals surface area contributed by atoms with Gasteiger partial charge in [-0.2, -0.15) is 9.97 Å². The SMILES string of the molecule is CCCNc1nc(NCc2ncon2)c2ccccc2n1. The van der Waals surface area contributed by atoms with Crippen molar-refractivity contribution in [3.05, 3.63) is 36.5 Å². The molecule has 1 aromatic carbocycles. The molecule has 2 N–H and O–H groups in total. The molecular formula is C14H16N6O. The van der Waals surface area contributed by atoms with E-state index in [9.17, 15) is 0 Å². The maximum absolute atomic E-state index is 4.72.